The van der Waals surface area contributed by atoms with Crippen LogP contribution in [-0.2, 0) is 10.0 Å². The van der Waals surface area contributed by atoms with E-state index < -0.39 is 21.7 Å². The van der Waals surface area contributed by atoms with Gasteiger partial charge in [-0.2, -0.15) is 0 Å². The van der Waals surface area contributed by atoms with Gasteiger partial charge in [-0.05, 0) is 55.5 Å². The van der Waals surface area contributed by atoms with E-state index in [1.807, 2.05) is 6.92 Å². The van der Waals surface area contributed by atoms with Crippen molar-refractivity contribution in [3.63, 3.8) is 0 Å². The van der Waals surface area contributed by atoms with Crippen LogP contribution in [0.5, 0.6) is 0 Å². The van der Waals surface area contributed by atoms with Gasteiger partial charge in [0.2, 0.25) is 0 Å². The maximum atomic E-state index is 13.3. The Morgan fingerprint density at radius 1 is 0.897 bits per heavy atom. The Bertz CT molecular complexity index is 1180. The summed E-state index contributed by atoms with van der Waals surface area (Å²) in [7, 11) is -3.84. The summed E-state index contributed by atoms with van der Waals surface area (Å²) in [6.07, 6.45) is 0. The van der Waals surface area contributed by atoms with Crippen molar-refractivity contribution in [1.29, 1.82) is 0 Å². The Balaban J connectivity index is 1.84. The molecule has 2 N–H and O–H groups in total. The van der Waals surface area contributed by atoms with Crippen LogP contribution in [0.15, 0.2) is 65.6 Å². The normalized spacial score (nSPS) is 11.2. The van der Waals surface area contributed by atoms with Crippen LogP contribution in [-0.4, -0.2) is 14.3 Å². The average molecular weight is 453 g/mol. The van der Waals surface area contributed by atoms with Gasteiger partial charge >= 0.3 is 0 Å². The standard InChI is InChI=1S/C20H15Cl2FN2O3S/c1-12-2-6-15(7-3-12)29(27,28)25-14-4-8-17(21)16(10-14)20(26)24-13-5-9-19(23)18(22)11-13/h2-11,25H,1H3,(H,24,26). The summed E-state index contributed by atoms with van der Waals surface area (Å²) in [6, 6.07) is 14.2. The molecule has 9 heteroatoms. The number of sulfonamides is 1. The fourth-order valence-corrected chi connectivity index (χ4v) is 3.90. The van der Waals surface area contributed by atoms with Crippen molar-refractivity contribution < 1.29 is 17.6 Å². The second-order valence-corrected chi connectivity index (χ2v) is 8.69. The fourth-order valence-electron chi connectivity index (χ4n) is 2.47. The van der Waals surface area contributed by atoms with Crippen molar-refractivity contribution in [2.45, 2.75) is 11.8 Å². The number of benzene rings is 3. The van der Waals surface area contributed by atoms with Crippen LogP contribution in [0.3, 0.4) is 0 Å². The molecule has 0 aliphatic carbocycles. The summed E-state index contributed by atoms with van der Waals surface area (Å²) in [4.78, 5) is 12.6. The molecule has 3 aromatic rings. The van der Waals surface area contributed by atoms with Gasteiger partial charge < -0.3 is 5.32 Å². The number of amides is 1. The van der Waals surface area contributed by atoms with Gasteiger partial charge in [0.05, 0.1) is 20.5 Å². The molecule has 0 spiro atoms. The Hall–Kier alpha value is -2.61. The molecular weight excluding hydrogens is 438 g/mol. The van der Waals surface area contributed by atoms with Crippen LogP contribution in [0.1, 0.15) is 15.9 Å². The predicted octanol–water partition coefficient (Wildman–Crippen LogP) is 5.49. The molecule has 29 heavy (non-hydrogen) atoms. The van der Waals surface area contributed by atoms with Crippen LogP contribution in [0.25, 0.3) is 0 Å². The van der Waals surface area contributed by atoms with E-state index in [0.717, 1.165) is 11.6 Å². The first-order chi connectivity index (χ1) is 13.7. The molecule has 3 aromatic carbocycles. The number of halogens is 3. The molecule has 5 nitrogen and oxygen atoms in total. The Kier molecular flexibility index (Phi) is 6.12. The van der Waals surface area contributed by atoms with Gasteiger partial charge in [0.25, 0.3) is 15.9 Å². The lowest BCUT2D eigenvalue weighted by atomic mass is 10.2. The van der Waals surface area contributed by atoms with E-state index in [1.54, 1.807) is 12.1 Å². The lowest BCUT2D eigenvalue weighted by Gasteiger charge is -2.12. The van der Waals surface area contributed by atoms with Crippen LogP contribution in [0, 0.1) is 12.7 Å². The van der Waals surface area contributed by atoms with Gasteiger partial charge in [-0.25, -0.2) is 12.8 Å². The second kappa shape index (κ2) is 8.41. The highest BCUT2D eigenvalue weighted by Crippen LogP contribution is 2.25. The third-order valence-electron chi connectivity index (χ3n) is 3.97. The van der Waals surface area contributed by atoms with Crippen molar-refractivity contribution in [3.05, 3.63) is 87.7 Å². The second-order valence-electron chi connectivity index (χ2n) is 6.20. The highest BCUT2D eigenvalue weighted by molar-refractivity contribution is 7.92. The van der Waals surface area contributed by atoms with E-state index in [9.17, 15) is 17.6 Å². The molecular formula is C20H15Cl2FN2O3S. The minimum atomic E-state index is -3.84. The van der Waals surface area contributed by atoms with Crippen LogP contribution >= 0.6 is 23.2 Å². The molecule has 0 saturated heterocycles. The first-order valence-corrected chi connectivity index (χ1v) is 10.5. The van der Waals surface area contributed by atoms with E-state index in [0.29, 0.717) is 0 Å². The van der Waals surface area contributed by atoms with Crippen molar-refractivity contribution in [2.24, 2.45) is 0 Å². The minimum absolute atomic E-state index is 0.0382. The summed E-state index contributed by atoms with van der Waals surface area (Å²) in [5.74, 6) is -1.22. The van der Waals surface area contributed by atoms with E-state index in [2.05, 4.69) is 10.0 Å². The summed E-state index contributed by atoms with van der Waals surface area (Å²) >= 11 is 11.8. The van der Waals surface area contributed by atoms with Crippen LogP contribution < -0.4 is 10.0 Å². The zero-order valence-corrected chi connectivity index (χ0v) is 17.4. The van der Waals surface area contributed by atoms with E-state index in [1.165, 1.54) is 42.5 Å². The maximum absolute atomic E-state index is 13.3. The molecule has 0 atom stereocenters. The predicted molar refractivity (Wildman–Crippen MR) is 113 cm³/mol. The topological polar surface area (TPSA) is 75.3 Å². The number of carbonyl (C=O) groups is 1. The molecule has 0 heterocycles. The Morgan fingerprint density at radius 2 is 1.55 bits per heavy atom. The van der Waals surface area contributed by atoms with Gasteiger partial charge in [-0.1, -0.05) is 40.9 Å². The van der Waals surface area contributed by atoms with Crippen LogP contribution in [0.2, 0.25) is 10.0 Å². The SMILES string of the molecule is Cc1ccc(S(=O)(=O)Nc2ccc(Cl)c(C(=O)Nc3ccc(F)c(Cl)c3)c2)cc1. The quantitative estimate of drug-likeness (QED) is 0.536. The number of carbonyl (C=O) groups excluding carboxylic acids is 1. The van der Waals surface area contributed by atoms with Crippen molar-refractivity contribution in [3.8, 4) is 0 Å². The number of aryl methyl sites for hydroxylation is 1. The third kappa shape index (κ3) is 5.06. The molecule has 0 saturated carbocycles. The smallest absolute Gasteiger partial charge is 0.261 e. The molecule has 0 radical (unpaired) electrons. The number of rotatable bonds is 5. The molecule has 3 rings (SSSR count). The first-order valence-electron chi connectivity index (χ1n) is 8.31. The zero-order valence-electron chi connectivity index (χ0n) is 15.0. The Labute approximate surface area is 177 Å². The number of hydrogen-bond acceptors (Lipinski definition) is 3. The first kappa shape index (κ1) is 21.1. The largest absolute Gasteiger partial charge is 0.322 e. The van der Waals surface area contributed by atoms with E-state index in [4.69, 9.17) is 23.2 Å². The monoisotopic (exact) mass is 452 g/mol. The molecule has 150 valence electrons. The molecule has 1 amide bonds. The summed E-state index contributed by atoms with van der Waals surface area (Å²) in [6.45, 7) is 1.85. The van der Waals surface area contributed by atoms with E-state index in [-0.39, 0.29) is 31.9 Å². The number of hydrogen-bond donors (Lipinski definition) is 2. The van der Waals surface area contributed by atoms with Gasteiger partial charge in [0.1, 0.15) is 5.82 Å². The lowest BCUT2D eigenvalue weighted by molar-refractivity contribution is 0.102. The third-order valence-corrected chi connectivity index (χ3v) is 5.99. The van der Waals surface area contributed by atoms with Gasteiger partial charge in [-0.15, -0.1) is 0 Å². The number of nitrogens with one attached hydrogen (secondary N) is 2. The van der Waals surface area contributed by atoms with Gasteiger partial charge in [0, 0.05) is 11.4 Å². The molecule has 0 bridgehead atoms. The average Bonchev–Trinajstić information content (AvgIpc) is 2.66. The molecule has 0 aromatic heterocycles. The van der Waals surface area contributed by atoms with Crippen molar-refractivity contribution >= 4 is 50.5 Å². The van der Waals surface area contributed by atoms with Crippen molar-refractivity contribution in [1.82, 2.24) is 0 Å². The molecule has 0 unspecified atom stereocenters. The maximum Gasteiger partial charge on any atom is 0.261 e. The highest BCUT2D eigenvalue weighted by atomic mass is 35.5. The summed E-state index contributed by atoms with van der Waals surface area (Å²) in [5, 5.41) is 2.52. The Morgan fingerprint density at radius 3 is 2.21 bits per heavy atom. The molecule has 0 aliphatic rings. The van der Waals surface area contributed by atoms with E-state index >= 15 is 0 Å². The molecule has 0 aliphatic heterocycles. The fraction of sp³-hybridized carbons (Fsp3) is 0.0500. The zero-order chi connectivity index (χ0) is 21.2. The van der Waals surface area contributed by atoms with Crippen LogP contribution in [0.4, 0.5) is 15.8 Å². The lowest BCUT2D eigenvalue weighted by Crippen LogP contribution is -2.15. The van der Waals surface area contributed by atoms with Crippen molar-refractivity contribution in [2.75, 3.05) is 10.0 Å². The summed E-state index contributed by atoms with van der Waals surface area (Å²) < 4.78 is 40.8. The van der Waals surface area contributed by atoms with Gasteiger partial charge in [0.15, 0.2) is 0 Å². The van der Waals surface area contributed by atoms with Gasteiger partial charge in [-0.3, -0.25) is 9.52 Å². The number of anilines is 2. The highest BCUT2D eigenvalue weighted by Gasteiger charge is 2.17. The molecule has 0 fully saturated rings. The minimum Gasteiger partial charge on any atom is -0.322 e. The summed E-state index contributed by atoms with van der Waals surface area (Å²) in [5.41, 5.74) is 1.40.